The summed E-state index contributed by atoms with van der Waals surface area (Å²) in [4.78, 5) is 0. The molecule has 0 saturated carbocycles. The molecule has 0 unspecified atom stereocenters. The number of hydrogen-bond donors (Lipinski definition) is 0. The summed E-state index contributed by atoms with van der Waals surface area (Å²) in [5.41, 5.74) is 2.22. The van der Waals surface area contributed by atoms with Crippen LogP contribution in [0.5, 0.6) is 0 Å². The van der Waals surface area contributed by atoms with Gasteiger partial charge in [-0.25, -0.2) is 9.36 Å². The molecular weight excluding hydrogens is 236 g/mol. The zero-order chi connectivity index (χ0) is 13.1. The SMILES string of the molecule is C=Cc1ccc(C(n2cccn2)n2cccn2)cc1. The maximum atomic E-state index is 4.33. The van der Waals surface area contributed by atoms with Gasteiger partial charge in [-0.05, 0) is 23.3 Å². The van der Waals surface area contributed by atoms with Crippen molar-refractivity contribution < 1.29 is 0 Å². The fourth-order valence-corrected chi connectivity index (χ4v) is 2.08. The standard InChI is InChI=1S/C15H14N4/c1-2-13-5-7-14(8-6-13)15(18-11-3-9-16-18)19-12-4-10-17-19/h2-12,15H,1H2. The molecule has 4 heteroatoms. The summed E-state index contributed by atoms with van der Waals surface area (Å²) in [7, 11) is 0. The van der Waals surface area contributed by atoms with Crippen LogP contribution in [0.3, 0.4) is 0 Å². The Morgan fingerprint density at radius 3 is 1.95 bits per heavy atom. The van der Waals surface area contributed by atoms with Crippen LogP contribution in [-0.2, 0) is 0 Å². The van der Waals surface area contributed by atoms with E-state index in [1.807, 2.05) is 52.1 Å². The van der Waals surface area contributed by atoms with Gasteiger partial charge in [-0.15, -0.1) is 0 Å². The predicted octanol–water partition coefficient (Wildman–Crippen LogP) is 2.82. The highest BCUT2D eigenvalue weighted by atomic mass is 15.4. The Balaban J connectivity index is 2.06. The third kappa shape index (κ3) is 2.20. The van der Waals surface area contributed by atoms with Gasteiger partial charge in [0.05, 0.1) is 0 Å². The van der Waals surface area contributed by atoms with Crippen LogP contribution >= 0.6 is 0 Å². The van der Waals surface area contributed by atoms with Crippen LogP contribution in [-0.4, -0.2) is 19.6 Å². The quantitative estimate of drug-likeness (QED) is 0.713. The van der Waals surface area contributed by atoms with Crippen molar-refractivity contribution in [3.05, 3.63) is 78.9 Å². The second-order valence-electron chi connectivity index (χ2n) is 4.22. The first kappa shape index (κ1) is 11.5. The van der Waals surface area contributed by atoms with E-state index in [1.54, 1.807) is 12.4 Å². The molecule has 94 valence electrons. The molecule has 0 saturated heterocycles. The Hall–Kier alpha value is -2.62. The van der Waals surface area contributed by atoms with Crippen molar-refractivity contribution in [2.24, 2.45) is 0 Å². The summed E-state index contributed by atoms with van der Waals surface area (Å²) in [5.74, 6) is 0. The molecule has 3 aromatic rings. The number of benzene rings is 1. The molecule has 0 fully saturated rings. The minimum Gasteiger partial charge on any atom is -0.244 e. The zero-order valence-electron chi connectivity index (χ0n) is 10.4. The van der Waals surface area contributed by atoms with Gasteiger partial charge in [-0.1, -0.05) is 36.9 Å². The summed E-state index contributed by atoms with van der Waals surface area (Å²) in [6.45, 7) is 3.77. The molecule has 0 amide bonds. The molecule has 2 heterocycles. The number of aromatic nitrogens is 4. The van der Waals surface area contributed by atoms with Gasteiger partial charge in [0.25, 0.3) is 0 Å². The first-order valence-corrected chi connectivity index (χ1v) is 6.09. The molecule has 0 radical (unpaired) electrons. The fourth-order valence-electron chi connectivity index (χ4n) is 2.08. The molecule has 0 spiro atoms. The van der Waals surface area contributed by atoms with Gasteiger partial charge in [-0.2, -0.15) is 10.2 Å². The summed E-state index contributed by atoms with van der Waals surface area (Å²) in [6.07, 6.45) is 9.19. The third-order valence-electron chi connectivity index (χ3n) is 3.02. The van der Waals surface area contributed by atoms with Crippen LogP contribution < -0.4 is 0 Å². The van der Waals surface area contributed by atoms with Crippen LogP contribution in [0.15, 0.2) is 67.8 Å². The van der Waals surface area contributed by atoms with Gasteiger partial charge in [0.2, 0.25) is 0 Å². The molecule has 0 bridgehead atoms. The van der Waals surface area contributed by atoms with E-state index >= 15 is 0 Å². The Bertz CT molecular complexity index is 602. The second-order valence-corrected chi connectivity index (χ2v) is 4.22. The second kappa shape index (κ2) is 4.94. The number of rotatable bonds is 4. The van der Waals surface area contributed by atoms with Gasteiger partial charge in [0.1, 0.15) is 0 Å². The predicted molar refractivity (Wildman–Crippen MR) is 74.5 cm³/mol. The Kier molecular flexibility index (Phi) is 2.98. The van der Waals surface area contributed by atoms with Crippen molar-refractivity contribution in [1.29, 1.82) is 0 Å². The van der Waals surface area contributed by atoms with Crippen LogP contribution in [0.2, 0.25) is 0 Å². The summed E-state index contributed by atoms with van der Waals surface area (Å²) >= 11 is 0. The van der Waals surface area contributed by atoms with E-state index in [1.165, 1.54) is 0 Å². The van der Waals surface area contributed by atoms with E-state index in [4.69, 9.17) is 0 Å². The molecule has 19 heavy (non-hydrogen) atoms. The van der Waals surface area contributed by atoms with E-state index < -0.39 is 0 Å². The van der Waals surface area contributed by atoms with E-state index in [0.717, 1.165) is 11.1 Å². The lowest BCUT2D eigenvalue weighted by molar-refractivity contribution is 0.419. The van der Waals surface area contributed by atoms with Crippen LogP contribution in [0, 0.1) is 0 Å². The molecule has 4 nitrogen and oxygen atoms in total. The van der Waals surface area contributed by atoms with Gasteiger partial charge in [0.15, 0.2) is 6.17 Å². The molecule has 2 aromatic heterocycles. The minimum absolute atomic E-state index is 0.0659. The van der Waals surface area contributed by atoms with Gasteiger partial charge < -0.3 is 0 Å². The topological polar surface area (TPSA) is 35.6 Å². The van der Waals surface area contributed by atoms with Gasteiger partial charge in [0, 0.05) is 24.8 Å². The van der Waals surface area contributed by atoms with Crippen molar-refractivity contribution >= 4 is 6.08 Å². The third-order valence-corrected chi connectivity index (χ3v) is 3.02. The molecule has 0 atom stereocenters. The summed E-state index contributed by atoms with van der Waals surface area (Å²) < 4.78 is 3.77. The number of hydrogen-bond acceptors (Lipinski definition) is 2. The largest absolute Gasteiger partial charge is 0.244 e. The molecular formula is C15H14N4. The van der Waals surface area contributed by atoms with Crippen molar-refractivity contribution in [2.75, 3.05) is 0 Å². The Labute approximate surface area is 111 Å². The average Bonchev–Trinajstić information content (AvgIpc) is 3.13. The van der Waals surface area contributed by atoms with E-state index in [0.29, 0.717) is 0 Å². The lowest BCUT2D eigenvalue weighted by Crippen LogP contribution is -2.20. The first-order chi connectivity index (χ1) is 9.38. The molecule has 0 aliphatic carbocycles. The molecule has 0 N–H and O–H groups in total. The highest BCUT2D eigenvalue weighted by Crippen LogP contribution is 2.19. The summed E-state index contributed by atoms with van der Waals surface area (Å²) in [6, 6.07) is 12.1. The molecule has 0 aliphatic rings. The molecule has 3 rings (SSSR count). The van der Waals surface area contributed by atoms with E-state index in [-0.39, 0.29) is 6.17 Å². The Morgan fingerprint density at radius 1 is 0.947 bits per heavy atom. The highest BCUT2D eigenvalue weighted by molar-refractivity contribution is 5.47. The zero-order valence-corrected chi connectivity index (χ0v) is 10.4. The number of nitrogens with zero attached hydrogens (tertiary/aromatic N) is 4. The normalized spacial score (nSPS) is 10.8. The van der Waals surface area contributed by atoms with E-state index in [9.17, 15) is 0 Å². The monoisotopic (exact) mass is 250 g/mol. The average molecular weight is 250 g/mol. The van der Waals surface area contributed by atoms with Gasteiger partial charge in [-0.3, -0.25) is 0 Å². The van der Waals surface area contributed by atoms with Crippen molar-refractivity contribution in [3.8, 4) is 0 Å². The van der Waals surface area contributed by atoms with Crippen LogP contribution in [0.25, 0.3) is 6.08 Å². The molecule has 1 aromatic carbocycles. The molecule has 0 aliphatic heterocycles. The van der Waals surface area contributed by atoms with Crippen molar-refractivity contribution in [2.45, 2.75) is 6.17 Å². The van der Waals surface area contributed by atoms with Crippen LogP contribution in [0.4, 0.5) is 0 Å². The summed E-state index contributed by atoms with van der Waals surface area (Å²) in [5, 5.41) is 8.65. The van der Waals surface area contributed by atoms with Gasteiger partial charge >= 0.3 is 0 Å². The van der Waals surface area contributed by atoms with Crippen molar-refractivity contribution in [1.82, 2.24) is 19.6 Å². The van der Waals surface area contributed by atoms with Crippen LogP contribution in [0.1, 0.15) is 17.3 Å². The lowest BCUT2D eigenvalue weighted by atomic mass is 10.1. The minimum atomic E-state index is -0.0659. The van der Waals surface area contributed by atoms with Crippen molar-refractivity contribution in [3.63, 3.8) is 0 Å². The maximum Gasteiger partial charge on any atom is 0.168 e. The Morgan fingerprint density at radius 2 is 1.53 bits per heavy atom. The maximum absolute atomic E-state index is 4.33. The highest BCUT2D eigenvalue weighted by Gasteiger charge is 2.15. The first-order valence-electron chi connectivity index (χ1n) is 6.09. The van der Waals surface area contributed by atoms with E-state index in [2.05, 4.69) is 28.9 Å². The lowest BCUT2D eigenvalue weighted by Gasteiger charge is -2.18. The smallest absolute Gasteiger partial charge is 0.168 e. The fraction of sp³-hybridized carbons (Fsp3) is 0.0667.